The van der Waals surface area contributed by atoms with Crippen molar-refractivity contribution in [2.45, 2.75) is 100 Å². The molecule has 0 aromatic heterocycles. The third-order valence-corrected chi connectivity index (χ3v) is 8.53. The predicted octanol–water partition coefficient (Wildman–Crippen LogP) is -3.67. The van der Waals surface area contributed by atoms with Crippen molar-refractivity contribution in [3.63, 3.8) is 0 Å². The molecule has 3 fully saturated rings. The van der Waals surface area contributed by atoms with Crippen LogP contribution < -0.4 is 0 Å². The normalized spacial score (nSPS) is 50.4. The fourth-order valence-corrected chi connectivity index (χ4v) is 5.93. The fourth-order valence-electron chi connectivity index (χ4n) is 5.93. The highest BCUT2D eigenvalue weighted by molar-refractivity contribution is 4.97. The standard InChI is InChI=1S/C24H44O12/c1-9(2)13-3-11(17(27)22(32)19(13)29)7-35-15-5-12(18(28)24(34)21(15)31)8-36-14-4-10(6-25)16(26)23(33)20(14)30/h9-34H,3-8H2,1-2H3/t10?,11?,12?,13?,14?,15-,16?,17?,18?,19?,20?,21?,22?,23?,24?/m0/s1. The van der Waals surface area contributed by atoms with Gasteiger partial charge in [0.25, 0.3) is 0 Å². The van der Waals surface area contributed by atoms with E-state index in [4.69, 9.17) is 9.47 Å². The van der Waals surface area contributed by atoms with Crippen LogP contribution >= 0.6 is 0 Å². The molecule has 0 radical (unpaired) electrons. The summed E-state index contributed by atoms with van der Waals surface area (Å²) in [4.78, 5) is 0. The zero-order valence-electron chi connectivity index (χ0n) is 20.8. The Labute approximate surface area is 210 Å². The molecular weight excluding hydrogens is 480 g/mol. The Hall–Kier alpha value is -0.480. The summed E-state index contributed by atoms with van der Waals surface area (Å²) in [5.74, 6) is -2.10. The molecule has 36 heavy (non-hydrogen) atoms. The van der Waals surface area contributed by atoms with Crippen molar-refractivity contribution in [3.05, 3.63) is 0 Å². The van der Waals surface area contributed by atoms with Crippen LogP contribution in [0.5, 0.6) is 0 Å². The molecular formula is C24H44O12. The van der Waals surface area contributed by atoms with Gasteiger partial charge in [0.1, 0.15) is 30.5 Å². The maximum absolute atomic E-state index is 10.5. The molecule has 0 aromatic rings. The fraction of sp³-hybridized carbons (Fsp3) is 1.00. The number of aliphatic hydroxyl groups is 10. The highest BCUT2D eigenvalue weighted by atomic mass is 16.5. The number of rotatable bonds is 8. The lowest BCUT2D eigenvalue weighted by Crippen LogP contribution is -2.58. The van der Waals surface area contributed by atoms with Crippen LogP contribution in [-0.4, -0.2) is 138 Å². The molecule has 12 heteroatoms. The van der Waals surface area contributed by atoms with Gasteiger partial charge < -0.3 is 60.5 Å². The molecule has 0 heterocycles. The molecule has 15 atom stereocenters. The van der Waals surface area contributed by atoms with E-state index < -0.39 is 91.5 Å². The first-order valence-corrected chi connectivity index (χ1v) is 12.9. The minimum atomic E-state index is -1.54. The molecule has 3 rings (SSSR count). The number of aliphatic hydroxyl groups excluding tert-OH is 10. The second-order valence-electron chi connectivity index (χ2n) is 11.2. The minimum absolute atomic E-state index is 0.0457. The topological polar surface area (TPSA) is 221 Å². The Morgan fingerprint density at radius 1 is 0.528 bits per heavy atom. The van der Waals surface area contributed by atoms with Gasteiger partial charge in [-0.15, -0.1) is 0 Å². The van der Waals surface area contributed by atoms with Gasteiger partial charge in [-0.1, -0.05) is 13.8 Å². The Bertz CT molecular complexity index is 679. The third kappa shape index (κ3) is 6.22. The van der Waals surface area contributed by atoms with Gasteiger partial charge in [-0.2, -0.15) is 0 Å². The summed E-state index contributed by atoms with van der Waals surface area (Å²) < 4.78 is 11.6. The average Bonchev–Trinajstić information content (AvgIpc) is 2.85. The number of hydrogen-bond donors (Lipinski definition) is 10. The summed E-state index contributed by atoms with van der Waals surface area (Å²) in [6.45, 7) is 3.22. The molecule has 0 bridgehead atoms. The van der Waals surface area contributed by atoms with Gasteiger partial charge in [0.2, 0.25) is 0 Å². The van der Waals surface area contributed by atoms with Gasteiger partial charge >= 0.3 is 0 Å². The molecule has 0 saturated heterocycles. The lowest BCUT2D eigenvalue weighted by atomic mass is 9.71. The highest BCUT2D eigenvalue weighted by Gasteiger charge is 2.48. The van der Waals surface area contributed by atoms with Gasteiger partial charge in [0.05, 0.1) is 49.8 Å². The molecule has 3 aliphatic carbocycles. The first-order chi connectivity index (χ1) is 16.9. The van der Waals surface area contributed by atoms with E-state index in [-0.39, 0.29) is 37.9 Å². The van der Waals surface area contributed by atoms with Gasteiger partial charge in [-0.3, -0.25) is 0 Å². The highest BCUT2D eigenvalue weighted by Crippen LogP contribution is 2.36. The van der Waals surface area contributed by atoms with E-state index >= 15 is 0 Å². The van der Waals surface area contributed by atoms with E-state index in [2.05, 4.69) is 0 Å². The number of hydrogen-bond acceptors (Lipinski definition) is 12. The van der Waals surface area contributed by atoms with Crippen molar-refractivity contribution in [3.8, 4) is 0 Å². The zero-order chi connectivity index (χ0) is 26.9. The Morgan fingerprint density at radius 3 is 1.36 bits per heavy atom. The summed E-state index contributed by atoms with van der Waals surface area (Å²) in [6, 6.07) is 0. The zero-order valence-corrected chi connectivity index (χ0v) is 20.8. The lowest BCUT2D eigenvalue weighted by Gasteiger charge is -2.44. The first-order valence-electron chi connectivity index (χ1n) is 12.9. The van der Waals surface area contributed by atoms with Crippen LogP contribution in [0.15, 0.2) is 0 Å². The molecule has 212 valence electrons. The first kappa shape index (κ1) is 30.1. The summed E-state index contributed by atoms with van der Waals surface area (Å²) in [6.07, 6.45) is -13.4. The molecule has 14 unspecified atom stereocenters. The lowest BCUT2D eigenvalue weighted by molar-refractivity contribution is -0.210. The van der Waals surface area contributed by atoms with Crippen molar-refractivity contribution in [1.82, 2.24) is 0 Å². The smallest absolute Gasteiger partial charge is 0.109 e. The van der Waals surface area contributed by atoms with Crippen LogP contribution in [0.3, 0.4) is 0 Å². The molecule has 0 amide bonds. The van der Waals surface area contributed by atoms with Crippen LogP contribution in [0.1, 0.15) is 33.1 Å². The monoisotopic (exact) mass is 524 g/mol. The van der Waals surface area contributed by atoms with Crippen LogP contribution in [0.25, 0.3) is 0 Å². The van der Waals surface area contributed by atoms with Crippen molar-refractivity contribution in [2.24, 2.45) is 29.6 Å². The quantitative estimate of drug-likeness (QED) is 0.148. The van der Waals surface area contributed by atoms with E-state index in [9.17, 15) is 51.1 Å². The molecule has 0 aliphatic heterocycles. The van der Waals surface area contributed by atoms with Crippen molar-refractivity contribution < 1.29 is 60.5 Å². The molecule has 3 aliphatic rings. The second kappa shape index (κ2) is 12.6. The Balaban J connectivity index is 1.60. The molecule has 0 spiro atoms. The Kier molecular flexibility index (Phi) is 10.5. The minimum Gasteiger partial charge on any atom is -0.396 e. The van der Waals surface area contributed by atoms with Crippen LogP contribution in [-0.2, 0) is 9.47 Å². The predicted molar refractivity (Wildman–Crippen MR) is 123 cm³/mol. The largest absolute Gasteiger partial charge is 0.396 e. The average molecular weight is 525 g/mol. The van der Waals surface area contributed by atoms with Gasteiger partial charge in [0.15, 0.2) is 0 Å². The van der Waals surface area contributed by atoms with Gasteiger partial charge in [0, 0.05) is 24.4 Å². The maximum atomic E-state index is 10.5. The van der Waals surface area contributed by atoms with Crippen molar-refractivity contribution in [2.75, 3.05) is 19.8 Å². The summed E-state index contributed by atoms with van der Waals surface area (Å²) in [5, 5.41) is 102. The number of ether oxygens (including phenoxy) is 2. The van der Waals surface area contributed by atoms with Gasteiger partial charge in [-0.25, -0.2) is 0 Å². The molecule has 0 aromatic carbocycles. The Morgan fingerprint density at radius 2 is 0.917 bits per heavy atom. The van der Waals surface area contributed by atoms with Crippen LogP contribution in [0.4, 0.5) is 0 Å². The van der Waals surface area contributed by atoms with E-state index in [1.165, 1.54) is 0 Å². The maximum Gasteiger partial charge on any atom is 0.109 e. The molecule has 10 N–H and O–H groups in total. The second-order valence-corrected chi connectivity index (χ2v) is 11.2. The molecule has 12 nitrogen and oxygen atoms in total. The van der Waals surface area contributed by atoms with Crippen LogP contribution in [0, 0.1) is 29.6 Å². The van der Waals surface area contributed by atoms with Crippen molar-refractivity contribution in [1.29, 1.82) is 0 Å². The summed E-state index contributed by atoms with van der Waals surface area (Å²) in [7, 11) is 0. The van der Waals surface area contributed by atoms with Crippen LogP contribution in [0.2, 0.25) is 0 Å². The van der Waals surface area contributed by atoms with E-state index in [0.717, 1.165) is 0 Å². The SMILES string of the molecule is CC(C)C1CC(CO[C@H]2CC(COC3CC(CO)C(O)C(O)C3O)C(O)C(O)C2O)C(O)C(O)C1O. The summed E-state index contributed by atoms with van der Waals surface area (Å²) in [5.41, 5.74) is 0. The van der Waals surface area contributed by atoms with E-state index in [1.54, 1.807) is 0 Å². The third-order valence-electron chi connectivity index (χ3n) is 8.53. The van der Waals surface area contributed by atoms with Crippen molar-refractivity contribution >= 4 is 0 Å². The van der Waals surface area contributed by atoms with E-state index in [0.29, 0.717) is 6.42 Å². The summed E-state index contributed by atoms with van der Waals surface area (Å²) >= 11 is 0. The molecule has 3 saturated carbocycles. The van der Waals surface area contributed by atoms with Gasteiger partial charge in [-0.05, 0) is 31.1 Å². The van der Waals surface area contributed by atoms with E-state index in [1.807, 2.05) is 13.8 Å².